The minimum Gasteiger partial charge on any atom is -0.381 e. The van der Waals surface area contributed by atoms with Crippen LogP contribution in [0.1, 0.15) is 39.4 Å². The Hall–Kier alpha value is -0.940. The summed E-state index contributed by atoms with van der Waals surface area (Å²) in [4.78, 5) is 4.25. The molecule has 0 radical (unpaired) electrons. The van der Waals surface area contributed by atoms with Gasteiger partial charge >= 0.3 is 0 Å². The van der Waals surface area contributed by atoms with E-state index < -0.39 is 0 Å². The van der Waals surface area contributed by atoms with Crippen LogP contribution in [0.2, 0.25) is 0 Å². The second-order valence-corrected chi connectivity index (χ2v) is 4.90. The van der Waals surface area contributed by atoms with Crippen LogP contribution in [0.3, 0.4) is 0 Å². The van der Waals surface area contributed by atoms with E-state index in [4.69, 9.17) is 4.74 Å². The van der Waals surface area contributed by atoms with Gasteiger partial charge in [0.15, 0.2) is 0 Å². The third kappa shape index (κ3) is 6.12. The van der Waals surface area contributed by atoms with E-state index in [1.807, 2.05) is 4.68 Å². The molecule has 0 amide bonds. The molecular formula is C13H26N4O. The van der Waals surface area contributed by atoms with Gasteiger partial charge in [-0.25, -0.2) is 9.67 Å². The van der Waals surface area contributed by atoms with Gasteiger partial charge in [-0.1, -0.05) is 20.8 Å². The van der Waals surface area contributed by atoms with Gasteiger partial charge in [0, 0.05) is 19.8 Å². The van der Waals surface area contributed by atoms with Crippen LogP contribution in [0.15, 0.2) is 6.33 Å². The molecular weight excluding hydrogens is 228 g/mol. The normalized spacial score (nSPS) is 11.3. The summed E-state index contributed by atoms with van der Waals surface area (Å²) in [5.41, 5.74) is 0. The smallest absolute Gasteiger partial charge is 0.140 e. The Morgan fingerprint density at radius 3 is 3.00 bits per heavy atom. The van der Waals surface area contributed by atoms with Gasteiger partial charge in [-0.15, -0.1) is 0 Å². The van der Waals surface area contributed by atoms with E-state index in [9.17, 15) is 0 Å². The SMILES string of the molecule is CCCn1ncnc1CNCCCOCC(C)C. The molecule has 5 heteroatoms. The van der Waals surface area contributed by atoms with E-state index >= 15 is 0 Å². The minimum atomic E-state index is 0.616. The Bertz CT molecular complexity index is 312. The van der Waals surface area contributed by atoms with Crippen molar-refractivity contribution < 1.29 is 4.74 Å². The fourth-order valence-corrected chi connectivity index (χ4v) is 1.64. The first-order valence-corrected chi connectivity index (χ1v) is 6.89. The number of hydrogen-bond donors (Lipinski definition) is 1. The number of rotatable bonds is 10. The quantitative estimate of drug-likeness (QED) is 0.647. The van der Waals surface area contributed by atoms with Gasteiger partial charge < -0.3 is 10.1 Å². The van der Waals surface area contributed by atoms with E-state index in [0.717, 1.165) is 51.5 Å². The van der Waals surface area contributed by atoms with E-state index in [1.165, 1.54) is 0 Å². The van der Waals surface area contributed by atoms with E-state index in [1.54, 1.807) is 6.33 Å². The van der Waals surface area contributed by atoms with Gasteiger partial charge in [0.2, 0.25) is 0 Å². The number of aromatic nitrogens is 3. The summed E-state index contributed by atoms with van der Waals surface area (Å²) in [6, 6.07) is 0. The van der Waals surface area contributed by atoms with Crippen LogP contribution < -0.4 is 5.32 Å². The standard InChI is InChI=1S/C13H26N4O/c1-4-7-17-13(15-11-16-17)9-14-6-5-8-18-10-12(2)3/h11-12,14H,4-10H2,1-3H3. The molecule has 0 aliphatic carbocycles. The number of hydrogen-bond acceptors (Lipinski definition) is 4. The maximum absolute atomic E-state index is 5.52. The van der Waals surface area contributed by atoms with Crippen molar-refractivity contribution in [3.63, 3.8) is 0 Å². The number of ether oxygens (including phenoxy) is 1. The Labute approximate surface area is 110 Å². The van der Waals surface area contributed by atoms with Crippen LogP contribution in [0.4, 0.5) is 0 Å². The van der Waals surface area contributed by atoms with Crippen molar-refractivity contribution >= 4 is 0 Å². The summed E-state index contributed by atoms with van der Waals surface area (Å²) < 4.78 is 7.48. The van der Waals surface area contributed by atoms with Crippen LogP contribution >= 0.6 is 0 Å². The molecule has 0 spiro atoms. The van der Waals surface area contributed by atoms with Crippen LogP contribution in [0.5, 0.6) is 0 Å². The third-order valence-electron chi connectivity index (χ3n) is 2.51. The van der Waals surface area contributed by atoms with Crippen molar-refractivity contribution in [2.45, 2.75) is 46.7 Å². The molecule has 0 atom stereocenters. The molecule has 1 aromatic heterocycles. The minimum absolute atomic E-state index is 0.616. The first-order valence-electron chi connectivity index (χ1n) is 6.89. The van der Waals surface area contributed by atoms with Gasteiger partial charge in [0.05, 0.1) is 6.54 Å². The fourth-order valence-electron chi connectivity index (χ4n) is 1.64. The largest absolute Gasteiger partial charge is 0.381 e. The lowest BCUT2D eigenvalue weighted by atomic mass is 10.2. The fraction of sp³-hybridized carbons (Fsp3) is 0.846. The summed E-state index contributed by atoms with van der Waals surface area (Å²) in [6.45, 7) is 10.8. The highest BCUT2D eigenvalue weighted by molar-refractivity contribution is 4.83. The number of nitrogens with one attached hydrogen (secondary N) is 1. The van der Waals surface area contributed by atoms with Crippen LogP contribution in [-0.4, -0.2) is 34.5 Å². The lowest BCUT2D eigenvalue weighted by Crippen LogP contribution is -2.20. The van der Waals surface area contributed by atoms with Crippen molar-refractivity contribution in [3.05, 3.63) is 12.2 Å². The predicted octanol–water partition coefficient (Wildman–Crippen LogP) is 1.84. The predicted molar refractivity (Wildman–Crippen MR) is 72.3 cm³/mol. The average Bonchev–Trinajstić information content (AvgIpc) is 2.76. The summed E-state index contributed by atoms with van der Waals surface area (Å²) in [5, 5.41) is 7.57. The Morgan fingerprint density at radius 1 is 1.44 bits per heavy atom. The highest BCUT2D eigenvalue weighted by Crippen LogP contribution is 1.96. The Balaban J connectivity index is 2.05. The molecule has 0 aromatic carbocycles. The topological polar surface area (TPSA) is 52.0 Å². The summed E-state index contributed by atoms with van der Waals surface area (Å²) >= 11 is 0. The highest BCUT2D eigenvalue weighted by Gasteiger charge is 2.02. The van der Waals surface area contributed by atoms with E-state index in [2.05, 4.69) is 36.2 Å². The van der Waals surface area contributed by atoms with Gasteiger partial charge in [-0.3, -0.25) is 0 Å². The molecule has 1 rings (SSSR count). The van der Waals surface area contributed by atoms with Crippen molar-refractivity contribution in [1.29, 1.82) is 0 Å². The molecule has 1 N–H and O–H groups in total. The Kier molecular flexibility index (Phi) is 7.60. The summed E-state index contributed by atoms with van der Waals surface area (Å²) in [5.74, 6) is 1.63. The van der Waals surface area contributed by atoms with Crippen molar-refractivity contribution in [2.75, 3.05) is 19.8 Å². The first-order chi connectivity index (χ1) is 8.74. The lowest BCUT2D eigenvalue weighted by Gasteiger charge is -2.08. The molecule has 1 aromatic rings. The molecule has 104 valence electrons. The Morgan fingerprint density at radius 2 is 2.28 bits per heavy atom. The molecule has 0 aliphatic rings. The van der Waals surface area contributed by atoms with Gasteiger partial charge in [0.1, 0.15) is 12.2 Å². The van der Waals surface area contributed by atoms with Gasteiger partial charge in [-0.2, -0.15) is 5.10 Å². The van der Waals surface area contributed by atoms with Crippen molar-refractivity contribution in [1.82, 2.24) is 20.1 Å². The monoisotopic (exact) mass is 254 g/mol. The average molecular weight is 254 g/mol. The molecule has 0 fully saturated rings. The maximum Gasteiger partial charge on any atom is 0.140 e. The third-order valence-corrected chi connectivity index (χ3v) is 2.51. The molecule has 1 heterocycles. The van der Waals surface area contributed by atoms with Crippen LogP contribution in [0.25, 0.3) is 0 Å². The van der Waals surface area contributed by atoms with Crippen LogP contribution in [0, 0.1) is 5.92 Å². The molecule has 0 saturated heterocycles. The summed E-state index contributed by atoms with van der Waals surface area (Å²) in [6.07, 6.45) is 3.74. The second kappa shape index (κ2) is 9.05. The lowest BCUT2D eigenvalue weighted by molar-refractivity contribution is 0.108. The van der Waals surface area contributed by atoms with E-state index in [-0.39, 0.29) is 0 Å². The second-order valence-electron chi connectivity index (χ2n) is 4.90. The molecule has 0 saturated carbocycles. The maximum atomic E-state index is 5.52. The molecule has 18 heavy (non-hydrogen) atoms. The van der Waals surface area contributed by atoms with Crippen molar-refractivity contribution in [2.24, 2.45) is 5.92 Å². The first kappa shape index (κ1) is 15.1. The highest BCUT2D eigenvalue weighted by atomic mass is 16.5. The molecule has 0 unspecified atom stereocenters. The molecule has 0 bridgehead atoms. The molecule has 5 nitrogen and oxygen atoms in total. The zero-order valence-corrected chi connectivity index (χ0v) is 11.9. The van der Waals surface area contributed by atoms with Gasteiger partial charge in [0.25, 0.3) is 0 Å². The number of aryl methyl sites for hydroxylation is 1. The van der Waals surface area contributed by atoms with E-state index in [0.29, 0.717) is 5.92 Å². The zero-order valence-electron chi connectivity index (χ0n) is 11.9. The van der Waals surface area contributed by atoms with Crippen LogP contribution in [-0.2, 0) is 17.8 Å². The summed E-state index contributed by atoms with van der Waals surface area (Å²) in [7, 11) is 0. The van der Waals surface area contributed by atoms with Gasteiger partial charge in [-0.05, 0) is 25.3 Å². The molecule has 0 aliphatic heterocycles. The number of nitrogens with zero attached hydrogens (tertiary/aromatic N) is 3. The zero-order chi connectivity index (χ0) is 13.2. The van der Waals surface area contributed by atoms with Crippen molar-refractivity contribution in [3.8, 4) is 0 Å².